The van der Waals surface area contributed by atoms with Crippen molar-refractivity contribution in [3.05, 3.63) is 64.3 Å². The van der Waals surface area contributed by atoms with E-state index in [0.717, 1.165) is 16.5 Å². The van der Waals surface area contributed by atoms with Gasteiger partial charge in [0.15, 0.2) is 5.16 Å². The minimum Gasteiger partial charge on any atom is -0.325 e. The molecule has 1 amide bonds. The van der Waals surface area contributed by atoms with Gasteiger partial charge in [0, 0.05) is 12.7 Å². The first-order valence-corrected chi connectivity index (χ1v) is 10.2. The lowest BCUT2D eigenvalue weighted by molar-refractivity contribution is -0.115. The number of carbonyl (C=O) groups is 1. The van der Waals surface area contributed by atoms with Crippen LogP contribution in [0.5, 0.6) is 0 Å². The van der Waals surface area contributed by atoms with Crippen molar-refractivity contribution in [3.63, 3.8) is 0 Å². The van der Waals surface area contributed by atoms with Crippen LogP contribution in [0, 0.1) is 0 Å². The van der Waals surface area contributed by atoms with Gasteiger partial charge in [0.25, 0.3) is 5.56 Å². The highest BCUT2D eigenvalue weighted by molar-refractivity contribution is 8.00. The molecule has 0 saturated carbocycles. The summed E-state index contributed by atoms with van der Waals surface area (Å²) in [5, 5.41) is 7.13. The van der Waals surface area contributed by atoms with Crippen molar-refractivity contribution in [2.75, 3.05) is 5.32 Å². The van der Waals surface area contributed by atoms with Gasteiger partial charge in [-0.05, 0) is 41.3 Å². The summed E-state index contributed by atoms with van der Waals surface area (Å²) in [5.74, 6) is -0.130. The second-order valence-electron chi connectivity index (χ2n) is 6.20. The Bertz CT molecular complexity index is 1210. The number of benzene rings is 2. The van der Waals surface area contributed by atoms with Crippen molar-refractivity contribution in [1.82, 2.24) is 9.55 Å². The number of nitrogens with one attached hydrogen (secondary N) is 1. The maximum Gasteiger partial charge on any atom is 0.271 e. The van der Waals surface area contributed by atoms with E-state index in [0.29, 0.717) is 15.4 Å². The summed E-state index contributed by atoms with van der Waals surface area (Å²) in [6.07, 6.45) is 0. The predicted molar refractivity (Wildman–Crippen MR) is 113 cm³/mol. The largest absolute Gasteiger partial charge is 0.325 e. The Morgan fingerprint density at radius 2 is 1.96 bits per heavy atom. The molecular formula is C20H17N3O2S2. The molecule has 136 valence electrons. The molecule has 27 heavy (non-hydrogen) atoms. The van der Waals surface area contributed by atoms with E-state index in [4.69, 9.17) is 0 Å². The molecule has 7 heteroatoms. The quantitative estimate of drug-likeness (QED) is 0.414. The van der Waals surface area contributed by atoms with E-state index in [2.05, 4.69) is 10.3 Å². The molecule has 0 aliphatic carbocycles. The second kappa shape index (κ2) is 7.17. The lowest BCUT2D eigenvalue weighted by Gasteiger charge is -2.14. The zero-order valence-electron chi connectivity index (χ0n) is 14.8. The number of hydrogen-bond donors (Lipinski definition) is 1. The van der Waals surface area contributed by atoms with Gasteiger partial charge in [0.1, 0.15) is 4.70 Å². The molecule has 5 nitrogen and oxygen atoms in total. The summed E-state index contributed by atoms with van der Waals surface area (Å²) in [4.78, 5) is 29.5. The Balaban J connectivity index is 1.53. The van der Waals surface area contributed by atoms with Crippen LogP contribution in [0.1, 0.15) is 6.92 Å². The van der Waals surface area contributed by atoms with E-state index in [-0.39, 0.29) is 11.5 Å². The third-order valence-electron chi connectivity index (χ3n) is 4.31. The maximum atomic E-state index is 12.6. The molecule has 0 bridgehead atoms. The molecule has 0 aliphatic heterocycles. The van der Waals surface area contributed by atoms with Gasteiger partial charge in [-0.2, -0.15) is 0 Å². The molecule has 0 radical (unpaired) electrons. The molecular weight excluding hydrogens is 378 g/mol. The summed E-state index contributed by atoms with van der Waals surface area (Å²) in [7, 11) is 1.69. The number of rotatable bonds is 4. The number of fused-ring (bicyclic) bond motifs is 2. The van der Waals surface area contributed by atoms with Crippen LogP contribution >= 0.6 is 23.1 Å². The second-order valence-corrected chi connectivity index (χ2v) is 8.43. The van der Waals surface area contributed by atoms with Crippen molar-refractivity contribution in [3.8, 4) is 0 Å². The number of aromatic nitrogens is 2. The highest BCUT2D eigenvalue weighted by Gasteiger charge is 2.19. The first-order valence-electron chi connectivity index (χ1n) is 8.43. The van der Waals surface area contributed by atoms with Crippen molar-refractivity contribution in [1.29, 1.82) is 0 Å². The molecule has 2 aromatic heterocycles. The summed E-state index contributed by atoms with van der Waals surface area (Å²) >= 11 is 2.66. The summed E-state index contributed by atoms with van der Waals surface area (Å²) < 4.78 is 2.14. The van der Waals surface area contributed by atoms with Crippen molar-refractivity contribution in [2.45, 2.75) is 17.3 Å². The average Bonchev–Trinajstić information content (AvgIpc) is 3.14. The molecule has 0 fully saturated rings. The molecule has 1 unspecified atom stereocenters. The topological polar surface area (TPSA) is 64.0 Å². The fraction of sp³-hybridized carbons (Fsp3) is 0.150. The minimum absolute atomic E-state index is 0.0837. The zero-order chi connectivity index (χ0) is 19.0. The SMILES string of the molecule is CC(Sc1nc2ccsc2c(=O)n1C)C(=O)Nc1ccc2ccccc2c1. The standard InChI is InChI=1S/C20H17N3O2S2/c1-12(27-20-22-16-9-10-26-17(16)19(25)23(20)2)18(24)21-15-8-7-13-5-3-4-6-14(13)11-15/h3-12H,1-2H3,(H,21,24). The Kier molecular flexibility index (Phi) is 4.72. The van der Waals surface area contributed by atoms with Gasteiger partial charge in [-0.3, -0.25) is 14.2 Å². The number of nitrogens with zero attached hydrogens (tertiary/aromatic N) is 2. The molecule has 4 rings (SSSR count). The van der Waals surface area contributed by atoms with Crippen LogP contribution in [0.25, 0.3) is 21.0 Å². The number of hydrogen-bond acceptors (Lipinski definition) is 5. The Morgan fingerprint density at radius 3 is 2.78 bits per heavy atom. The molecule has 2 heterocycles. The van der Waals surface area contributed by atoms with E-state index in [1.165, 1.54) is 27.7 Å². The number of amides is 1. The van der Waals surface area contributed by atoms with Crippen LogP contribution < -0.4 is 10.9 Å². The van der Waals surface area contributed by atoms with Gasteiger partial charge in [-0.1, -0.05) is 42.1 Å². The minimum atomic E-state index is -0.398. The molecule has 4 aromatic rings. The van der Waals surface area contributed by atoms with Crippen molar-refractivity contribution in [2.24, 2.45) is 7.05 Å². The molecule has 1 atom stereocenters. The monoisotopic (exact) mass is 395 g/mol. The molecule has 0 spiro atoms. The van der Waals surface area contributed by atoms with Crippen LogP contribution in [0.15, 0.2) is 63.9 Å². The first kappa shape index (κ1) is 17.8. The van der Waals surface area contributed by atoms with Crippen LogP contribution in [-0.2, 0) is 11.8 Å². The summed E-state index contributed by atoms with van der Waals surface area (Å²) in [6.45, 7) is 1.81. The van der Waals surface area contributed by atoms with E-state index in [1.54, 1.807) is 7.05 Å². The van der Waals surface area contributed by atoms with Crippen LogP contribution in [0.3, 0.4) is 0 Å². The number of thioether (sulfide) groups is 1. The van der Waals surface area contributed by atoms with E-state index < -0.39 is 5.25 Å². The van der Waals surface area contributed by atoms with Gasteiger partial charge in [-0.25, -0.2) is 4.98 Å². The normalized spacial score (nSPS) is 12.4. The molecule has 0 aliphatic rings. The average molecular weight is 396 g/mol. The van der Waals surface area contributed by atoms with Crippen molar-refractivity contribution >= 4 is 55.7 Å². The van der Waals surface area contributed by atoms with Crippen LogP contribution in [0.2, 0.25) is 0 Å². The Morgan fingerprint density at radius 1 is 1.19 bits per heavy atom. The number of thiophene rings is 1. The molecule has 2 aromatic carbocycles. The first-order chi connectivity index (χ1) is 13.0. The number of anilines is 1. The Hall–Kier alpha value is -2.64. The summed E-state index contributed by atoms with van der Waals surface area (Å²) in [6, 6.07) is 15.7. The van der Waals surface area contributed by atoms with E-state index in [9.17, 15) is 9.59 Å². The molecule has 0 saturated heterocycles. The Labute approximate surface area is 164 Å². The van der Waals surface area contributed by atoms with E-state index in [1.807, 2.05) is 60.8 Å². The summed E-state index contributed by atoms with van der Waals surface area (Å²) in [5.41, 5.74) is 1.34. The maximum absolute atomic E-state index is 12.6. The van der Waals surface area contributed by atoms with Gasteiger partial charge < -0.3 is 5.32 Å². The van der Waals surface area contributed by atoms with Gasteiger partial charge in [0.2, 0.25) is 5.91 Å². The highest BCUT2D eigenvalue weighted by atomic mass is 32.2. The lowest BCUT2D eigenvalue weighted by Crippen LogP contribution is -2.25. The molecule has 1 N–H and O–H groups in total. The van der Waals surface area contributed by atoms with Crippen LogP contribution in [0.4, 0.5) is 5.69 Å². The van der Waals surface area contributed by atoms with Gasteiger partial charge in [-0.15, -0.1) is 11.3 Å². The predicted octanol–water partition coefficient (Wildman–Crippen LogP) is 4.27. The number of carbonyl (C=O) groups excluding carboxylic acids is 1. The highest BCUT2D eigenvalue weighted by Crippen LogP contribution is 2.25. The van der Waals surface area contributed by atoms with Crippen LogP contribution in [-0.4, -0.2) is 20.7 Å². The lowest BCUT2D eigenvalue weighted by atomic mass is 10.1. The zero-order valence-corrected chi connectivity index (χ0v) is 16.4. The van der Waals surface area contributed by atoms with Crippen molar-refractivity contribution < 1.29 is 4.79 Å². The smallest absolute Gasteiger partial charge is 0.271 e. The third-order valence-corrected chi connectivity index (χ3v) is 6.35. The van der Waals surface area contributed by atoms with Gasteiger partial charge >= 0.3 is 0 Å². The van der Waals surface area contributed by atoms with E-state index >= 15 is 0 Å². The third kappa shape index (κ3) is 3.48. The van der Waals surface area contributed by atoms with Gasteiger partial charge in [0.05, 0.1) is 10.8 Å². The fourth-order valence-corrected chi connectivity index (χ4v) is 4.48. The fourth-order valence-electron chi connectivity index (χ4n) is 2.80.